The van der Waals surface area contributed by atoms with Gasteiger partial charge < -0.3 is 15.7 Å². The molecule has 0 saturated carbocycles. The fourth-order valence-electron chi connectivity index (χ4n) is 0.285. The van der Waals surface area contributed by atoms with Crippen LogP contribution in [0.5, 0.6) is 0 Å². The first kappa shape index (κ1) is 11.0. The summed E-state index contributed by atoms with van der Waals surface area (Å²) in [4.78, 5) is 8.59. The highest BCUT2D eigenvalue weighted by Crippen LogP contribution is 2.41. The maximum absolute atomic E-state index is 10.5. The predicted octanol–water partition coefficient (Wildman–Crippen LogP) is -1.47. The summed E-state index contributed by atoms with van der Waals surface area (Å²) in [6, 6.07) is 0. The van der Waals surface area contributed by atoms with E-state index < -0.39 is 14.6 Å². The third kappa shape index (κ3) is 6.39. The van der Waals surface area contributed by atoms with Gasteiger partial charge in [-0.1, -0.05) is 0 Å². The summed E-state index contributed by atoms with van der Waals surface area (Å²) >= 11 is 0. The quantitative estimate of drug-likeness (QED) is 0.173. The number of rotatable bonds is 6. The van der Waals surface area contributed by atoms with E-state index >= 15 is 0 Å². The zero-order valence-corrected chi connectivity index (χ0v) is 6.66. The van der Waals surface area contributed by atoms with E-state index in [4.69, 9.17) is 15.7 Å². The average molecular weight is 186 g/mol. The molecule has 0 aliphatic heterocycles. The van der Waals surface area contributed by atoms with Gasteiger partial charge >= 0.3 is 7.82 Å². The van der Waals surface area contributed by atoms with Crippen LogP contribution < -0.4 is 11.2 Å². The average Bonchev–Trinajstić information content (AvgIpc) is 1.87. The Morgan fingerprint density at radius 1 is 1.64 bits per heavy atom. The third-order valence-electron chi connectivity index (χ3n) is 0.647. The first-order chi connectivity index (χ1) is 5.12. The van der Waals surface area contributed by atoms with Crippen molar-refractivity contribution in [2.45, 2.75) is 0 Å². The SMILES string of the molecule is NCCNOP(=O)(O)OCO. The molecular formula is C3H11N2O5P. The Balaban J connectivity index is 3.47. The van der Waals surface area contributed by atoms with Crippen LogP contribution in [0.1, 0.15) is 0 Å². The summed E-state index contributed by atoms with van der Waals surface area (Å²) in [5.74, 6) is 0. The lowest BCUT2D eigenvalue weighted by Crippen LogP contribution is -2.22. The van der Waals surface area contributed by atoms with Crippen LogP contribution >= 0.6 is 7.82 Å². The lowest BCUT2D eigenvalue weighted by Gasteiger charge is -2.09. The molecule has 0 fully saturated rings. The van der Waals surface area contributed by atoms with Gasteiger partial charge in [0.15, 0.2) is 6.79 Å². The van der Waals surface area contributed by atoms with Crippen LogP contribution in [0.3, 0.4) is 0 Å². The van der Waals surface area contributed by atoms with Crippen molar-refractivity contribution in [3.8, 4) is 0 Å². The highest BCUT2D eigenvalue weighted by molar-refractivity contribution is 7.47. The van der Waals surface area contributed by atoms with Crippen molar-refractivity contribution in [1.29, 1.82) is 0 Å². The molecule has 7 nitrogen and oxygen atoms in total. The Kier molecular flexibility index (Phi) is 5.61. The van der Waals surface area contributed by atoms with E-state index in [9.17, 15) is 4.57 Å². The van der Waals surface area contributed by atoms with Crippen LogP contribution in [0.4, 0.5) is 0 Å². The number of phosphoric acid groups is 1. The van der Waals surface area contributed by atoms with Gasteiger partial charge in [-0.3, -0.25) is 4.52 Å². The molecule has 0 aromatic heterocycles. The Labute approximate surface area is 63.7 Å². The van der Waals surface area contributed by atoms with Crippen molar-refractivity contribution in [1.82, 2.24) is 5.48 Å². The summed E-state index contributed by atoms with van der Waals surface area (Å²) < 4.78 is 18.6. The first-order valence-electron chi connectivity index (χ1n) is 2.82. The molecule has 0 rings (SSSR count). The molecule has 11 heavy (non-hydrogen) atoms. The van der Waals surface area contributed by atoms with E-state index in [1.807, 2.05) is 0 Å². The van der Waals surface area contributed by atoms with Crippen LogP contribution in [-0.4, -0.2) is 29.9 Å². The molecule has 0 amide bonds. The normalized spacial score (nSPS) is 16.3. The van der Waals surface area contributed by atoms with Gasteiger partial charge in [-0.15, -0.1) is 0 Å². The summed E-state index contributed by atoms with van der Waals surface area (Å²) in [5, 5.41) is 8.07. The number of nitrogens with one attached hydrogen (secondary N) is 1. The minimum Gasteiger partial charge on any atom is -0.370 e. The Hall–Kier alpha value is -0.0100. The fraction of sp³-hybridized carbons (Fsp3) is 1.00. The van der Waals surface area contributed by atoms with E-state index in [0.29, 0.717) is 0 Å². The number of aliphatic hydroxyl groups is 1. The molecule has 0 aromatic carbocycles. The standard InChI is InChI=1S/C3H11N2O5P/c4-1-2-5-10-11(7,8)9-3-6/h5-6H,1-4H2,(H,7,8). The second-order valence-electron chi connectivity index (χ2n) is 1.50. The summed E-state index contributed by atoms with van der Waals surface area (Å²) in [6.07, 6.45) is 0. The number of nitrogens with two attached hydrogens (primary N) is 1. The largest absolute Gasteiger partial charge is 0.490 e. The van der Waals surface area contributed by atoms with Gasteiger partial charge in [-0.2, -0.15) is 10.1 Å². The van der Waals surface area contributed by atoms with Crippen LogP contribution in [-0.2, 0) is 13.7 Å². The van der Waals surface area contributed by atoms with E-state index in [1.165, 1.54) is 0 Å². The molecular weight excluding hydrogens is 175 g/mol. The van der Waals surface area contributed by atoms with Crippen molar-refractivity contribution in [3.05, 3.63) is 0 Å². The van der Waals surface area contributed by atoms with Crippen LogP contribution in [0.2, 0.25) is 0 Å². The molecule has 0 aromatic rings. The van der Waals surface area contributed by atoms with Crippen molar-refractivity contribution in [2.24, 2.45) is 5.73 Å². The van der Waals surface area contributed by atoms with Crippen molar-refractivity contribution in [2.75, 3.05) is 19.9 Å². The molecule has 0 radical (unpaired) electrons. The van der Waals surface area contributed by atoms with Gasteiger partial charge in [0.25, 0.3) is 0 Å². The molecule has 68 valence electrons. The van der Waals surface area contributed by atoms with E-state index in [-0.39, 0.29) is 13.1 Å². The molecule has 5 N–H and O–H groups in total. The lowest BCUT2D eigenvalue weighted by atomic mass is 10.7. The predicted molar refractivity (Wildman–Crippen MR) is 36.1 cm³/mol. The topological polar surface area (TPSA) is 114 Å². The van der Waals surface area contributed by atoms with E-state index in [2.05, 4.69) is 14.6 Å². The summed E-state index contributed by atoms with van der Waals surface area (Å²) in [6.45, 7) is -0.392. The molecule has 1 atom stereocenters. The van der Waals surface area contributed by atoms with Crippen LogP contribution in [0.25, 0.3) is 0 Å². The summed E-state index contributed by atoms with van der Waals surface area (Å²) in [7, 11) is -4.14. The number of aliphatic hydroxyl groups excluding tert-OH is 1. The summed E-state index contributed by atoms with van der Waals surface area (Å²) in [5.41, 5.74) is 7.11. The van der Waals surface area contributed by atoms with E-state index in [1.54, 1.807) is 0 Å². The van der Waals surface area contributed by atoms with Crippen LogP contribution in [0.15, 0.2) is 0 Å². The minimum atomic E-state index is -4.14. The van der Waals surface area contributed by atoms with Gasteiger partial charge in [-0.25, -0.2) is 4.57 Å². The maximum Gasteiger partial charge on any atom is 0.490 e. The minimum absolute atomic E-state index is 0.222. The fourth-order valence-corrected chi connectivity index (χ4v) is 0.739. The second-order valence-corrected chi connectivity index (χ2v) is 2.88. The Morgan fingerprint density at radius 3 is 2.73 bits per heavy atom. The van der Waals surface area contributed by atoms with Gasteiger partial charge in [0, 0.05) is 13.1 Å². The second kappa shape index (κ2) is 5.62. The Bertz CT molecular complexity index is 142. The molecule has 1 unspecified atom stereocenters. The third-order valence-corrected chi connectivity index (χ3v) is 1.45. The molecule has 0 spiro atoms. The molecule has 0 heterocycles. The molecule has 0 aliphatic rings. The highest BCUT2D eigenvalue weighted by Gasteiger charge is 2.20. The first-order valence-corrected chi connectivity index (χ1v) is 4.31. The zero-order chi connectivity index (χ0) is 8.74. The maximum atomic E-state index is 10.5. The molecule has 8 heteroatoms. The molecule has 0 bridgehead atoms. The van der Waals surface area contributed by atoms with Crippen LogP contribution in [0, 0.1) is 0 Å². The van der Waals surface area contributed by atoms with Crippen molar-refractivity contribution >= 4 is 7.82 Å². The number of hydrogen-bond acceptors (Lipinski definition) is 6. The number of phosphoric ester groups is 1. The highest BCUT2D eigenvalue weighted by atomic mass is 31.2. The zero-order valence-electron chi connectivity index (χ0n) is 5.77. The van der Waals surface area contributed by atoms with Gasteiger partial charge in [0.05, 0.1) is 0 Å². The smallest absolute Gasteiger partial charge is 0.370 e. The van der Waals surface area contributed by atoms with Gasteiger partial charge in [0.1, 0.15) is 0 Å². The lowest BCUT2D eigenvalue weighted by molar-refractivity contribution is 0.0334. The molecule has 0 aliphatic carbocycles. The number of hydrogen-bond donors (Lipinski definition) is 4. The number of hydroxylamine groups is 1. The Morgan fingerprint density at radius 2 is 2.27 bits per heavy atom. The van der Waals surface area contributed by atoms with Crippen molar-refractivity contribution in [3.63, 3.8) is 0 Å². The van der Waals surface area contributed by atoms with Gasteiger partial charge in [0.2, 0.25) is 0 Å². The monoisotopic (exact) mass is 186 g/mol. The van der Waals surface area contributed by atoms with Gasteiger partial charge in [-0.05, 0) is 0 Å². The molecule has 0 saturated heterocycles. The van der Waals surface area contributed by atoms with E-state index in [0.717, 1.165) is 0 Å². The van der Waals surface area contributed by atoms with Crippen molar-refractivity contribution < 1.29 is 23.7 Å².